The Morgan fingerprint density at radius 2 is 1.89 bits per heavy atom. The molecule has 1 N–H and O–H groups in total. The van der Waals surface area contributed by atoms with Crippen LogP contribution in [0.25, 0.3) is 11.4 Å². The largest absolute Gasteiger partial charge is 0.378 e. The molecular weight excluding hydrogens is 438 g/mol. The van der Waals surface area contributed by atoms with Crippen LogP contribution in [0, 0.1) is 25.2 Å². The van der Waals surface area contributed by atoms with Crippen molar-refractivity contribution in [2.24, 2.45) is 0 Å². The number of hydrogen-bond donors (Lipinski definition) is 1. The van der Waals surface area contributed by atoms with Crippen molar-refractivity contribution in [2.75, 3.05) is 19.7 Å². The minimum absolute atomic E-state index is 0.0705. The molecule has 2 aliphatic heterocycles. The zero-order valence-electron chi connectivity index (χ0n) is 20.4. The number of piperidine rings is 1. The van der Waals surface area contributed by atoms with E-state index in [1.165, 1.54) is 5.56 Å². The molecule has 2 saturated heterocycles. The van der Waals surface area contributed by atoms with Crippen LogP contribution < -0.4 is 0 Å². The molecule has 1 aromatic heterocycles. The summed E-state index contributed by atoms with van der Waals surface area (Å²) in [6.45, 7) is 6.30. The number of ether oxygens (including phenoxy) is 1. The van der Waals surface area contributed by atoms with Gasteiger partial charge in [-0.05, 0) is 80.3 Å². The van der Waals surface area contributed by atoms with Crippen molar-refractivity contribution in [2.45, 2.75) is 58.0 Å². The molecule has 0 spiro atoms. The van der Waals surface area contributed by atoms with Gasteiger partial charge in [0.15, 0.2) is 5.82 Å². The van der Waals surface area contributed by atoms with Crippen molar-refractivity contribution >= 4 is 5.91 Å². The summed E-state index contributed by atoms with van der Waals surface area (Å²) in [7, 11) is 0. The number of aromatic nitrogens is 3. The lowest BCUT2D eigenvalue weighted by Gasteiger charge is -2.32. The summed E-state index contributed by atoms with van der Waals surface area (Å²) in [5, 5.41) is 17.7. The number of rotatable bonds is 5. The van der Waals surface area contributed by atoms with E-state index in [4.69, 9.17) is 10.00 Å². The fraction of sp³-hybridized carbons (Fsp3) is 0.429. The predicted molar refractivity (Wildman–Crippen MR) is 133 cm³/mol. The van der Waals surface area contributed by atoms with Gasteiger partial charge in [-0.25, -0.2) is 0 Å². The van der Waals surface area contributed by atoms with Crippen molar-refractivity contribution in [1.82, 2.24) is 20.1 Å². The normalized spacial score (nSPS) is 18.5. The standard InChI is InChI=1S/C28H31N5O2/c1-18-14-19(2)25(16-24(18)27-30-26(31-32-27)15-23-4-3-13-35-23)28(34)33-11-9-22(10-12-33)21-7-5-20(17-29)6-8-21/h5-8,14,16,22-23H,3-4,9-13,15H2,1-2H3,(H,30,31,32). The van der Waals surface area contributed by atoms with Gasteiger partial charge < -0.3 is 14.6 Å². The van der Waals surface area contributed by atoms with Crippen molar-refractivity contribution in [3.63, 3.8) is 0 Å². The fourth-order valence-electron chi connectivity index (χ4n) is 5.28. The molecule has 3 heterocycles. The molecule has 2 aromatic carbocycles. The average molecular weight is 470 g/mol. The van der Waals surface area contributed by atoms with Crippen LogP contribution in [0.4, 0.5) is 0 Å². The van der Waals surface area contributed by atoms with Crippen LogP contribution >= 0.6 is 0 Å². The Balaban J connectivity index is 1.29. The van der Waals surface area contributed by atoms with Crippen LogP contribution in [-0.4, -0.2) is 51.8 Å². The van der Waals surface area contributed by atoms with Crippen LogP contribution in [-0.2, 0) is 11.2 Å². The van der Waals surface area contributed by atoms with E-state index in [0.29, 0.717) is 17.3 Å². The predicted octanol–water partition coefficient (Wildman–Crippen LogP) is 4.70. The van der Waals surface area contributed by atoms with E-state index >= 15 is 0 Å². The third-order valence-corrected chi connectivity index (χ3v) is 7.33. The molecule has 3 aromatic rings. The SMILES string of the molecule is Cc1cc(C)c(-c2nnc(CC3CCCO3)[nH]2)cc1C(=O)N1CCC(c2ccc(C#N)cc2)CC1. The van der Waals surface area contributed by atoms with Crippen molar-refractivity contribution in [1.29, 1.82) is 5.26 Å². The second-order valence-corrected chi connectivity index (χ2v) is 9.74. The van der Waals surface area contributed by atoms with Gasteiger partial charge in [0.1, 0.15) is 5.82 Å². The molecule has 7 heteroatoms. The third kappa shape index (κ3) is 4.98. The molecule has 0 aliphatic carbocycles. The number of amides is 1. The minimum Gasteiger partial charge on any atom is -0.378 e. The van der Waals surface area contributed by atoms with Crippen LogP contribution in [0.2, 0.25) is 0 Å². The molecule has 0 radical (unpaired) electrons. The van der Waals surface area contributed by atoms with Gasteiger partial charge in [-0.2, -0.15) is 5.26 Å². The summed E-state index contributed by atoms with van der Waals surface area (Å²) in [4.78, 5) is 18.8. The van der Waals surface area contributed by atoms with Crippen LogP contribution in [0.5, 0.6) is 0 Å². The van der Waals surface area contributed by atoms with E-state index < -0.39 is 0 Å². The summed E-state index contributed by atoms with van der Waals surface area (Å²) in [5.74, 6) is 2.01. The number of aryl methyl sites for hydroxylation is 2. The lowest BCUT2D eigenvalue weighted by atomic mass is 9.88. The second kappa shape index (κ2) is 10.0. The van der Waals surface area contributed by atoms with Crippen molar-refractivity contribution in [3.8, 4) is 17.5 Å². The summed E-state index contributed by atoms with van der Waals surface area (Å²) >= 11 is 0. The number of benzene rings is 2. The maximum absolute atomic E-state index is 13.5. The molecule has 0 saturated carbocycles. The highest BCUT2D eigenvalue weighted by Crippen LogP contribution is 2.31. The molecule has 5 rings (SSSR count). The number of likely N-dealkylation sites (tertiary alicyclic amines) is 1. The fourth-order valence-corrected chi connectivity index (χ4v) is 5.28. The Bertz CT molecular complexity index is 1240. The highest BCUT2D eigenvalue weighted by atomic mass is 16.5. The molecule has 35 heavy (non-hydrogen) atoms. The Hall–Kier alpha value is -3.50. The van der Waals surface area contributed by atoms with Gasteiger partial charge >= 0.3 is 0 Å². The molecule has 2 aliphatic rings. The number of H-pyrrole nitrogens is 1. The third-order valence-electron chi connectivity index (χ3n) is 7.33. The minimum atomic E-state index is 0.0705. The van der Waals surface area contributed by atoms with E-state index in [1.54, 1.807) is 0 Å². The molecule has 1 unspecified atom stereocenters. The molecule has 1 amide bonds. The maximum atomic E-state index is 13.5. The molecule has 0 bridgehead atoms. The number of carbonyl (C=O) groups excluding carboxylic acids is 1. The number of carbonyl (C=O) groups is 1. The summed E-state index contributed by atoms with van der Waals surface area (Å²) in [6, 6.07) is 14.0. The highest BCUT2D eigenvalue weighted by Gasteiger charge is 2.26. The lowest BCUT2D eigenvalue weighted by molar-refractivity contribution is 0.0712. The first-order valence-electron chi connectivity index (χ1n) is 12.5. The van der Waals surface area contributed by atoms with Crippen LogP contribution in [0.15, 0.2) is 36.4 Å². The zero-order valence-corrected chi connectivity index (χ0v) is 20.4. The molecule has 7 nitrogen and oxygen atoms in total. The maximum Gasteiger partial charge on any atom is 0.254 e. The first-order chi connectivity index (χ1) is 17.0. The van der Waals surface area contributed by atoms with Crippen molar-refractivity contribution in [3.05, 3.63) is 70.0 Å². The van der Waals surface area contributed by atoms with Crippen LogP contribution in [0.1, 0.15) is 70.0 Å². The van der Waals surface area contributed by atoms with Gasteiger partial charge in [0.25, 0.3) is 5.91 Å². The first-order valence-corrected chi connectivity index (χ1v) is 12.5. The Morgan fingerprint density at radius 3 is 2.57 bits per heavy atom. The second-order valence-electron chi connectivity index (χ2n) is 9.74. The van der Waals surface area contributed by atoms with Gasteiger partial charge in [0.2, 0.25) is 0 Å². The summed E-state index contributed by atoms with van der Waals surface area (Å²) in [6.07, 6.45) is 4.93. The van der Waals surface area contributed by atoms with Gasteiger partial charge in [0, 0.05) is 37.2 Å². The summed E-state index contributed by atoms with van der Waals surface area (Å²) in [5.41, 5.74) is 5.60. The Morgan fingerprint density at radius 1 is 1.11 bits per heavy atom. The number of hydrogen-bond acceptors (Lipinski definition) is 5. The number of nitrogens with zero attached hydrogens (tertiary/aromatic N) is 4. The number of nitriles is 1. The van der Waals surface area contributed by atoms with E-state index in [1.807, 2.05) is 49.1 Å². The monoisotopic (exact) mass is 469 g/mol. The Labute approximate surface area is 206 Å². The van der Waals surface area contributed by atoms with Crippen molar-refractivity contribution < 1.29 is 9.53 Å². The molecule has 1 atom stereocenters. The first kappa shape index (κ1) is 23.3. The quantitative estimate of drug-likeness (QED) is 0.584. The van der Waals surface area contributed by atoms with Gasteiger partial charge in [-0.3, -0.25) is 4.79 Å². The van der Waals surface area contributed by atoms with Gasteiger partial charge in [0.05, 0.1) is 17.7 Å². The molecule has 2 fully saturated rings. The Kier molecular flexibility index (Phi) is 6.65. The molecular formula is C28H31N5O2. The lowest BCUT2D eigenvalue weighted by Crippen LogP contribution is -2.38. The highest BCUT2D eigenvalue weighted by molar-refractivity contribution is 5.97. The smallest absolute Gasteiger partial charge is 0.254 e. The molecule has 180 valence electrons. The number of nitrogens with one attached hydrogen (secondary N) is 1. The van der Waals surface area contributed by atoms with Gasteiger partial charge in [-0.1, -0.05) is 18.2 Å². The van der Waals surface area contributed by atoms with E-state index in [-0.39, 0.29) is 12.0 Å². The van der Waals surface area contributed by atoms with Crippen LogP contribution in [0.3, 0.4) is 0 Å². The van der Waals surface area contributed by atoms with E-state index in [0.717, 1.165) is 79.9 Å². The van der Waals surface area contributed by atoms with Gasteiger partial charge in [-0.15, -0.1) is 10.2 Å². The van der Waals surface area contributed by atoms with E-state index in [9.17, 15) is 4.79 Å². The zero-order chi connectivity index (χ0) is 24.4. The topological polar surface area (TPSA) is 94.9 Å². The summed E-state index contributed by atoms with van der Waals surface area (Å²) < 4.78 is 5.72. The number of aromatic amines is 1. The average Bonchev–Trinajstić information content (AvgIpc) is 3.57. The van der Waals surface area contributed by atoms with E-state index in [2.05, 4.69) is 27.3 Å².